The number of nitrogens with one attached hydrogen (secondary N) is 1. The third-order valence-electron chi connectivity index (χ3n) is 7.33. The van der Waals surface area contributed by atoms with E-state index in [9.17, 15) is 4.79 Å². The molecule has 0 amide bonds. The SMILES string of the molecule is CCCN(CCC)CCc1cc(-c2cn(C3CCCC3(C)C)c(=O)c3c(N)n[nH]c23)nn1C. The highest BCUT2D eigenvalue weighted by Gasteiger charge is 2.37. The van der Waals surface area contributed by atoms with E-state index in [1.54, 1.807) is 0 Å². The smallest absolute Gasteiger partial charge is 0.264 e. The van der Waals surface area contributed by atoms with Crippen molar-refractivity contribution in [2.75, 3.05) is 25.4 Å². The molecule has 1 aliphatic rings. The van der Waals surface area contributed by atoms with E-state index in [4.69, 9.17) is 10.8 Å². The molecule has 8 heteroatoms. The van der Waals surface area contributed by atoms with Crippen molar-refractivity contribution in [3.8, 4) is 11.3 Å². The fraction of sp³-hybridized carbons (Fsp3) is 0.640. The zero-order valence-electron chi connectivity index (χ0n) is 20.8. The molecule has 33 heavy (non-hydrogen) atoms. The molecule has 3 aromatic rings. The molecule has 0 saturated heterocycles. The zero-order chi connectivity index (χ0) is 23.8. The third kappa shape index (κ3) is 4.45. The van der Waals surface area contributed by atoms with Crippen LogP contribution in [-0.4, -0.2) is 49.1 Å². The number of nitrogen functional groups attached to an aromatic ring is 1. The number of anilines is 1. The minimum absolute atomic E-state index is 0.0601. The molecule has 1 saturated carbocycles. The predicted molar refractivity (Wildman–Crippen MR) is 134 cm³/mol. The van der Waals surface area contributed by atoms with Crippen molar-refractivity contribution in [2.24, 2.45) is 12.5 Å². The summed E-state index contributed by atoms with van der Waals surface area (Å²) in [6, 6.07) is 2.29. The molecule has 3 aromatic heterocycles. The van der Waals surface area contributed by atoms with Gasteiger partial charge in [-0.15, -0.1) is 0 Å². The highest BCUT2D eigenvalue weighted by atomic mass is 16.1. The van der Waals surface area contributed by atoms with Gasteiger partial charge in [0.15, 0.2) is 5.82 Å². The van der Waals surface area contributed by atoms with Crippen LogP contribution in [0.1, 0.15) is 71.5 Å². The minimum atomic E-state index is -0.0640. The number of H-pyrrole nitrogens is 1. The minimum Gasteiger partial charge on any atom is -0.382 e. The number of rotatable bonds is 9. The number of aromatic amines is 1. The van der Waals surface area contributed by atoms with Crippen molar-refractivity contribution in [2.45, 2.75) is 72.3 Å². The summed E-state index contributed by atoms with van der Waals surface area (Å²) in [6.45, 7) is 12.2. The van der Waals surface area contributed by atoms with Gasteiger partial charge in [-0.2, -0.15) is 10.2 Å². The van der Waals surface area contributed by atoms with Crippen molar-refractivity contribution < 1.29 is 0 Å². The van der Waals surface area contributed by atoms with Crippen molar-refractivity contribution in [1.29, 1.82) is 0 Å². The molecular weight excluding hydrogens is 414 g/mol. The average molecular weight is 454 g/mol. The number of hydrogen-bond donors (Lipinski definition) is 2. The summed E-state index contributed by atoms with van der Waals surface area (Å²) in [5.74, 6) is 0.257. The lowest BCUT2D eigenvalue weighted by Crippen LogP contribution is -2.31. The van der Waals surface area contributed by atoms with Crippen molar-refractivity contribution in [1.82, 2.24) is 29.4 Å². The Bertz CT molecular complexity index is 1160. The molecule has 1 unspecified atom stereocenters. The van der Waals surface area contributed by atoms with Gasteiger partial charge in [-0.05, 0) is 50.3 Å². The molecule has 0 radical (unpaired) electrons. The molecule has 3 heterocycles. The molecule has 0 spiro atoms. The fourth-order valence-electron chi connectivity index (χ4n) is 5.52. The Morgan fingerprint density at radius 3 is 2.61 bits per heavy atom. The molecule has 4 rings (SSSR count). The van der Waals surface area contributed by atoms with Gasteiger partial charge in [0.2, 0.25) is 0 Å². The summed E-state index contributed by atoms with van der Waals surface area (Å²) in [5.41, 5.74) is 9.73. The molecular formula is C25H39N7O. The quantitative estimate of drug-likeness (QED) is 0.508. The van der Waals surface area contributed by atoms with E-state index in [1.165, 1.54) is 5.69 Å². The van der Waals surface area contributed by atoms with Gasteiger partial charge in [0.25, 0.3) is 5.56 Å². The Morgan fingerprint density at radius 2 is 1.97 bits per heavy atom. The number of aryl methyl sites for hydroxylation is 1. The predicted octanol–water partition coefficient (Wildman–Crippen LogP) is 4.12. The second-order valence-corrected chi connectivity index (χ2v) is 10.2. The number of aromatic nitrogens is 5. The lowest BCUT2D eigenvalue weighted by atomic mass is 9.87. The van der Waals surface area contributed by atoms with Crippen molar-refractivity contribution >= 4 is 16.7 Å². The van der Waals surface area contributed by atoms with Crippen LogP contribution < -0.4 is 11.3 Å². The van der Waals surface area contributed by atoms with E-state index in [-0.39, 0.29) is 22.8 Å². The second-order valence-electron chi connectivity index (χ2n) is 10.2. The van der Waals surface area contributed by atoms with Crippen LogP contribution in [0.15, 0.2) is 17.1 Å². The fourth-order valence-corrected chi connectivity index (χ4v) is 5.52. The number of fused-ring (bicyclic) bond motifs is 1. The lowest BCUT2D eigenvalue weighted by Gasteiger charge is -2.29. The van der Waals surface area contributed by atoms with Gasteiger partial charge in [-0.1, -0.05) is 34.1 Å². The molecule has 3 N–H and O–H groups in total. The molecule has 180 valence electrons. The molecule has 0 aliphatic heterocycles. The van der Waals surface area contributed by atoms with Gasteiger partial charge < -0.3 is 15.2 Å². The van der Waals surface area contributed by atoms with Gasteiger partial charge in [0, 0.05) is 43.5 Å². The van der Waals surface area contributed by atoms with E-state index < -0.39 is 0 Å². The maximum Gasteiger partial charge on any atom is 0.264 e. The first-order valence-electron chi connectivity index (χ1n) is 12.4. The Kier molecular flexibility index (Phi) is 6.66. The summed E-state index contributed by atoms with van der Waals surface area (Å²) in [6.07, 6.45) is 8.47. The summed E-state index contributed by atoms with van der Waals surface area (Å²) in [7, 11) is 2.00. The number of pyridine rings is 1. The van der Waals surface area contributed by atoms with E-state index in [2.05, 4.69) is 48.9 Å². The van der Waals surface area contributed by atoms with Crippen molar-refractivity contribution in [3.05, 3.63) is 28.3 Å². The van der Waals surface area contributed by atoms with Gasteiger partial charge in [0.1, 0.15) is 5.39 Å². The van der Waals surface area contributed by atoms with Crippen LogP contribution in [-0.2, 0) is 13.5 Å². The standard InChI is InChI=1S/C25H39N7O/c1-6-12-31(13-7-2)14-10-17-15-19(29-30(17)5)18-16-32(20-9-8-11-25(20,3)4)24(33)21-22(18)27-28-23(21)26/h15-16,20H,6-14H2,1-5H3,(H3,26,27,28). The van der Waals surface area contributed by atoms with Crippen molar-refractivity contribution in [3.63, 3.8) is 0 Å². The molecule has 1 aliphatic carbocycles. The van der Waals surface area contributed by atoms with Gasteiger partial charge in [-0.25, -0.2) is 0 Å². The Balaban J connectivity index is 1.74. The van der Waals surface area contributed by atoms with Crippen LogP contribution >= 0.6 is 0 Å². The molecule has 0 bridgehead atoms. The second kappa shape index (κ2) is 9.33. The molecule has 1 fully saturated rings. The van der Waals surface area contributed by atoms with Crippen LogP contribution in [0.2, 0.25) is 0 Å². The Hall–Kier alpha value is -2.61. The first-order valence-corrected chi connectivity index (χ1v) is 12.4. The Labute approximate surface area is 196 Å². The largest absolute Gasteiger partial charge is 0.382 e. The normalized spacial score (nSPS) is 18.1. The highest BCUT2D eigenvalue weighted by Crippen LogP contribution is 2.46. The third-order valence-corrected chi connectivity index (χ3v) is 7.33. The number of nitrogens with two attached hydrogens (primary N) is 1. The van der Waals surface area contributed by atoms with Gasteiger partial charge in [-0.3, -0.25) is 14.6 Å². The summed E-state index contributed by atoms with van der Waals surface area (Å²) >= 11 is 0. The topological polar surface area (TPSA) is 97.8 Å². The maximum atomic E-state index is 13.4. The lowest BCUT2D eigenvalue weighted by molar-refractivity contribution is 0.257. The monoisotopic (exact) mass is 453 g/mol. The number of hydrogen-bond acceptors (Lipinski definition) is 5. The molecule has 1 atom stereocenters. The van der Waals surface area contributed by atoms with Gasteiger partial charge in [0.05, 0.1) is 11.2 Å². The summed E-state index contributed by atoms with van der Waals surface area (Å²) < 4.78 is 3.86. The molecule has 0 aromatic carbocycles. The first kappa shape index (κ1) is 23.5. The van der Waals surface area contributed by atoms with Crippen LogP contribution in [0, 0.1) is 5.41 Å². The zero-order valence-corrected chi connectivity index (χ0v) is 20.8. The van der Waals surface area contributed by atoms with Crippen LogP contribution in [0.5, 0.6) is 0 Å². The Morgan fingerprint density at radius 1 is 1.24 bits per heavy atom. The maximum absolute atomic E-state index is 13.4. The van der Waals surface area contributed by atoms with E-state index >= 15 is 0 Å². The summed E-state index contributed by atoms with van der Waals surface area (Å²) in [5, 5.41) is 12.5. The van der Waals surface area contributed by atoms with Crippen LogP contribution in [0.3, 0.4) is 0 Å². The highest BCUT2D eigenvalue weighted by molar-refractivity contribution is 5.97. The summed E-state index contributed by atoms with van der Waals surface area (Å²) in [4.78, 5) is 15.9. The van der Waals surface area contributed by atoms with Crippen LogP contribution in [0.25, 0.3) is 22.2 Å². The average Bonchev–Trinajstić information content (AvgIpc) is 3.44. The number of nitrogens with zero attached hydrogens (tertiary/aromatic N) is 5. The molecule has 8 nitrogen and oxygen atoms in total. The van der Waals surface area contributed by atoms with Gasteiger partial charge >= 0.3 is 0 Å². The van der Waals surface area contributed by atoms with E-state index in [0.29, 0.717) is 10.9 Å². The van der Waals surface area contributed by atoms with E-state index in [0.717, 1.165) is 69.4 Å². The first-order chi connectivity index (χ1) is 15.8. The van der Waals surface area contributed by atoms with Crippen LogP contribution in [0.4, 0.5) is 5.82 Å². The van der Waals surface area contributed by atoms with E-state index in [1.807, 2.05) is 22.5 Å².